The first-order chi connectivity index (χ1) is 10.1. The molecule has 21 heavy (non-hydrogen) atoms. The predicted octanol–water partition coefficient (Wildman–Crippen LogP) is 2.68. The van der Waals surface area contributed by atoms with Crippen molar-refractivity contribution in [2.24, 2.45) is 0 Å². The highest BCUT2D eigenvalue weighted by Crippen LogP contribution is 2.28. The molecule has 0 amide bonds. The fourth-order valence-corrected chi connectivity index (χ4v) is 1.60. The lowest BCUT2D eigenvalue weighted by Gasteiger charge is -2.08. The predicted molar refractivity (Wildman–Crippen MR) is 77.2 cm³/mol. The van der Waals surface area contributed by atoms with E-state index in [1.807, 2.05) is 13.8 Å². The molecule has 0 atom stereocenters. The molecular weight excluding hydrogens is 272 g/mol. The molecule has 0 radical (unpaired) electrons. The van der Waals surface area contributed by atoms with Crippen LogP contribution in [0.2, 0.25) is 0 Å². The van der Waals surface area contributed by atoms with E-state index in [0.29, 0.717) is 12.6 Å². The van der Waals surface area contributed by atoms with E-state index < -0.39 is 4.92 Å². The molecule has 110 valence electrons. The zero-order chi connectivity index (χ0) is 15.2. The van der Waals surface area contributed by atoms with Crippen LogP contribution in [0.1, 0.15) is 19.4 Å². The number of ether oxygens (including phenoxy) is 1. The number of nitrogens with zero attached hydrogens (tertiary/aromatic N) is 3. The first-order valence-corrected chi connectivity index (χ1v) is 6.52. The number of hydrogen-bond acceptors (Lipinski definition) is 6. The van der Waals surface area contributed by atoms with E-state index in [1.54, 1.807) is 24.5 Å². The summed E-state index contributed by atoms with van der Waals surface area (Å²) >= 11 is 0. The third-order valence-electron chi connectivity index (χ3n) is 2.66. The van der Waals surface area contributed by atoms with Gasteiger partial charge in [0.1, 0.15) is 0 Å². The lowest BCUT2D eigenvalue weighted by atomic mass is 10.3. The van der Waals surface area contributed by atoms with Crippen molar-refractivity contribution in [3.8, 4) is 11.8 Å². The maximum atomic E-state index is 10.9. The SMILES string of the molecule is CC(C)NCc1cnc(Oc2ccccc2[N+](=O)[O-])nc1. The Morgan fingerprint density at radius 2 is 1.95 bits per heavy atom. The van der Waals surface area contributed by atoms with E-state index in [1.165, 1.54) is 12.1 Å². The molecule has 7 heteroatoms. The van der Waals surface area contributed by atoms with Crippen LogP contribution in [0, 0.1) is 10.1 Å². The van der Waals surface area contributed by atoms with Gasteiger partial charge >= 0.3 is 11.7 Å². The van der Waals surface area contributed by atoms with Crippen molar-refractivity contribution in [3.63, 3.8) is 0 Å². The largest absolute Gasteiger partial charge is 0.417 e. The van der Waals surface area contributed by atoms with Gasteiger partial charge in [-0.2, -0.15) is 0 Å². The molecule has 1 aromatic heterocycles. The second-order valence-corrected chi connectivity index (χ2v) is 4.74. The monoisotopic (exact) mass is 288 g/mol. The van der Waals surface area contributed by atoms with Gasteiger partial charge in [-0.25, -0.2) is 9.97 Å². The summed E-state index contributed by atoms with van der Waals surface area (Å²) in [6.07, 6.45) is 3.26. The first-order valence-electron chi connectivity index (χ1n) is 6.52. The molecule has 2 rings (SSSR count). The number of rotatable bonds is 6. The Morgan fingerprint density at radius 1 is 1.29 bits per heavy atom. The van der Waals surface area contributed by atoms with Crippen LogP contribution in [0.4, 0.5) is 5.69 Å². The van der Waals surface area contributed by atoms with Crippen molar-refractivity contribution in [1.29, 1.82) is 0 Å². The van der Waals surface area contributed by atoms with Crippen molar-refractivity contribution in [3.05, 3.63) is 52.3 Å². The van der Waals surface area contributed by atoms with Crippen molar-refractivity contribution in [1.82, 2.24) is 15.3 Å². The average Bonchev–Trinajstić information content (AvgIpc) is 2.47. The minimum Gasteiger partial charge on any atom is -0.417 e. The van der Waals surface area contributed by atoms with E-state index in [-0.39, 0.29) is 17.4 Å². The van der Waals surface area contributed by atoms with Crippen molar-refractivity contribution < 1.29 is 9.66 Å². The summed E-state index contributed by atoms with van der Waals surface area (Å²) in [7, 11) is 0. The minimum atomic E-state index is -0.504. The van der Waals surface area contributed by atoms with Crippen LogP contribution >= 0.6 is 0 Å². The summed E-state index contributed by atoms with van der Waals surface area (Å²) in [6.45, 7) is 4.75. The van der Waals surface area contributed by atoms with Crippen molar-refractivity contribution >= 4 is 5.69 Å². The third kappa shape index (κ3) is 4.22. The van der Waals surface area contributed by atoms with Gasteiger partial charge in [0.25, 0.3) is 0 Å². The molecular formula is C14H16N4O3. The van der Waals surface area contributed by atoms with Gasteiger partial charge < -0.3 is 10.1 Å². The van der Waals surface area contributed by atoms with E-state index in [0.717, 1.165) is 5.56 Å². The Morgan fingerprint density at radius 3 is 2.57 bits per heavy atom. The summed E-state index contributed by atoms with van der Waals surface area (Å²) in [6, 6.07) is 6.56. The third-order valence-corrected chi connectivity index (χ3v) is 2.66. The molecule has 1 heterocycles. The maximum absolute atomic E-state index is 10.9. The van der Waals surface area contributed by atoms with Gasteiger partial charge in [-0.15, -0.1) is 0 Å². The highest BCUT2D eigenvalue weighted by atomic mass is 16.6. The topological polar surface area (TPSA) is 90.2 Å². The van der Waals surface area contributed by atoms with Crippen LogP contribution in [0.5, 0.6) is 11.8 Å². The standard InChI is InChI=1S/C14H16N4O3/c1-10(2)15-7-11-8-16-14(17-9-11)21-13-6-4-3-5-12(13)18(19)20/h3-6,8-10,15H,7H2,1-2H3. The highest BCUT2D eigenvalue weighted by molar-refractivity contribution is 5.46. The van der Waals surface area contributed by atoms with E-state index in [9.17, 15) is 10.1 Å². The second-order valence-electron chi connectivity index (χ2n) is 4.74. The lowest BCUT2D eigenvalue weighted by molar-refractivity contribution is -0.385. The molecule has 0 spiro atoms. The second kappa shape index (κ2) is 6.76. The van der Waals surface area contributed by atoms with Crippen molar-refractivity contribution in [2.75, 3.05) is 0 Å². The first kappa shape index (κ1) is 14.9. The zero-order valence-corrected chi connectivity index (χ0v) is 11.8. The Bertz CT molecular complexity index is 614. The summed E-state index contributed by atoms with van der Waals surface area (Å²) in [4.78, 5) is 18.5. The number of aromatic nitrogens is 2. The fraction of sp³-hybridized carbons (Fsp3) is 0.286. The molecule has 7 nitrogen and oxygen atoms in total. The number of nitro benzene ring substituents is 1. The zero-order valence-electron chi connectivity index (χ0n) is 11.8. The van der Waals surface area contributed by atoms with Crippen LogP contribution in [-0.2, 0) is 6.54 Å². The fourth-order valence-electron chi connectivity index (χ4n) is 1.60. The molecule has 0 fully saturated rings. The molecule has 0 aliphatic heterocycles. The minimum absolute atomic E-state index is 0.0811. The summed E-state index contributed by atoms with van der Waals surface area (Å²) in [5.74, 6) is 0.121. The van der Waals surface area contributed by atoms with Crippen LogP contribution < -0.4 is 10.1 Å². The Kier molecular flexibility index (Phi) is 4.78. The van der Waals surface area contributed by atoms with Crippen LogP contribution in [0.25, 0.3) is 0 Å². The quantitative estimate of drug-likeness (QED) is 0.649. The Balaban J connectivity index is 2.09. The molecule has 1 N–H and O–H groups in total. The molecule has 0 aliphatic rings. The summed E-state index contributed by atoms with van der Waals surface area (Å²) < 4.78 is 5.37. The lowest BCUT2D eigenvalue weighted by Crippen LogP contribution is -2.21. The van der Waals surface area contributed by atoms with E-state index in [2.05, 4.69) is 15.3 Å². The van der Waals surface area contributed by atoms with E-state index in [4.69, 9.17) is 4.74 Å². The van der Waals surface area contributed by atoms with Crippen molar-refractivity contribution in [2.45, 2.75) is 26.4 Å². The van der Waals surface area contributed by atoms with Gasteiger partial charge in [0, 0.05) is 36.6 Å². The number of para-hydroxylation sites is 2. The maximum Gasteiger partial charge on any atom is 0.322 e. The normalized spacial score (nSPS) is 10.6. The van der Waals surface area contributed by atoms with Crippen LogP contribution in [0.3, 0.4) is 0 Å². The molecule has 0 saturated heterocycles. The van der Waals surface area contributed by atoms with Crippen LogP contribution in [-0.4, -0.2) is 20.9 Å². The van der Waals surface area contributed by atoms with Gasteiger partial charge in [-0.05, 0) is 6.07 Å². The molecule has 0 unspecified atom stereocenters. The van der Waals surface area contributed by atoms with Crippen LogP contribution in [0.15, 0.2) is 36.7 Å². The summed E-state index contributed by atoms with van der Waals surface area (Å²) in [5.41, 5.74) is 0.797. The number of benzene rings is 1. The van der Waals surface area contributed by atoms with Gasteiger partial charge in [0.05, 0.1) is 4.92 Å². The number of hydrogen-bond donors (Lipinski definition) is 1. The molecule has 0 bridgehead atoms. The Labute approximate surface area is 122 Å². The molecule has 0 saturated carbocycles. The average molecular weight is 288 g/mol. The van der Waals surface area contributed by atoms with E-state index >= 15 is 0 Å². The Hall–Kier alpha value is -2.54. The molecule has 1 aromatic carbocycles. The van der Waals surface area contributed by atoms with Gasteiger partial charge in [0.15, 0.2) is 0 Å². The van der Waals surface area contributed by atoms with Gasteiger partial charge in [-0.1, -0.05) is 26.0 Å². The smallest absolute Gasteiger partial charge is 0.322 e. The van der Waals surface area contributed by atoms with Gasteiger partial charge in [-0.3, -0.25) is 10.1 Å². The number of nitro groups is 1. The summed E-state index contributed by atoms with van der Waals surface area (Å²) in [5, 5.41) is 14.1. The van der Waals surface area contributed by atoms with Gasteiger partial charge in [0.2, 0.25) is 5.75 Å². The molecule has 0 aliphatic carbocycles. The molecule has 2 aromatic rings. The number of nitrogens with one attached hydrogen (secondary N) is 1. The highest BCUT2D eigenvalue weighted by Gasteiger charge is 2.15.